The van der Waals surface area contributed by atoms with E-state index in [1.807, 2.05) is 0 Å². The standard InChI is InChI=1S/C17H32N2O2/c1-12-10-13(7-8-18-12)16(20)19-11-14-6-5-9-21-15(14)17(2,3)4/h12-15,18H,5-11H2,1-4H3,(H,19,20)/t12-,13-,14?,15?/m0/s1. The molecule has 2 fully saturated rings. The van der Waals surface area contributed by atoms with Crippen LogP contribution in [0, 0.1) is 17.3 Å². The van der Waals surface area contributed by atoms with Crippen LogP contribution in [0.2, 0.25) is 0 Å². The number of hydrogen-bond donors (Lipinski definition) is 2. The second-order valence-corrected chi connectivity index (χ2v) is 7.88. The highest BCUT2D eigenvalue weighted by molar-refractivity contribution is 5.78. The summed E-state index contributed by atoms with van der Waals surface area (Å²) in [5.41, 5.74) is 0.138. The maximum Gasteiger partial charge on any atom is 0.223 e. The Morgan fingerprint density at radius 2 is 2.10 bits per heavy atom. The van der Waals surface area contributed by atoms with Gasteiger partial charge in [-0.15, -0.1) is 0 Å². The first-order chi connectivity index (χ1) is 9.88. The molecule has 0 aromatic carbocycles. The summed E-state index contributed by atoms with van der Waals surface area (Å²) in [6.07, 6.45) is 4.43. The molecule has 2 heterocycles. The number of hydrogen-bond acceptors (Lipinski definition) is 3. The van der Waals surface area contributed by atoms with E-state index in [0.717, 1.165) is 45.4 Å². The first kappa shape index (κ1) is 16.8. The molecule has 122 valence electrons. The van der Waals surface area contributed by atoms with E-state index in [-0.39, 0.29) is 23.3 Å². The summed E-state index contributed by atoms with van der Waals surface area (Å²) in [5.74, 6) is 0.863. The van der Waals surface area contributed by atoms with Gasteiger partial charge >= 0.3 is 0 Å². The lowest BCUT2D eigenvalue weighted by atomic mass is 9.78. The maximum atomic E-state index is 12.4. The molecule has 1 amide bonds. The van der Waals surface area contributed by atoms with Gasteiger partial charge in [-0.2, -0.15) is 0 Å². The van der Waals surface area contributed by atoms with Crippen LogP contribution in [0.5, 0.6) is 0 Å². The summed E-state index contributed by atoms with van der Waals surface area (Å²) in [4.78, 5) is 12.4. The minimum absolute atomic E-state index is 0.138. The minimum Gasteiger partial charge on any atom is -0.377 e. The van der Waals surface area contributed by atoms with Crippen LogP contribution in [0.1, 0.15) is 53.4 Å². The lowest BCUT2D eigenvalue weighted by molar-refractivity contribution is -0.127. The van der Waals surface area contributed by atoms with Crippen molar-refractivity contribution in [3.05, 3.63) is 0 Å². The predicted molar refractivity (Wildman–Crippen MR) is 85.1 cm³/mol. The number of amides is 1. The van der Waals surface area contributed by atoms with Crippen LogP contribution in [-0.2, 0) is 9.53 Å². The quantitative estimate of drug-likeness (QED) is 0.840. The molecule has 21 heavy (non-hydrogen) atoms. The summed E-state index contributed by atoms with van der Waals surface area (Å²) >= 11 is 0. The van der Waals surface area contributed by atoms with E-state index in [4.69, 9.17) is 4.74 Å². The van der Waals surface area contributed by atoms with Gasteiger partial charge in [0.05, 0.1) is 6.10 Å². The van der Waals surface area contributed by atoms with Gasteiger partial charge in [0.25, 0.3) is 0 Å². The molecule has 0 aromatic heterocycles. The van der Waals surface area contributed by atoms with E-state index in [9.17, 15) is 4.79 Å². The second-order valence-electron chi connectivity index (χ2n) is 7.88. The summed E-state index contributed by atoms with van der Waals surface area (Å²) < 4.78 is 5.99. The third-order valence-electron chi connectivity index (χ3n) is 4.83. The molecule has 0 aliphatic carbocycles. The number of carbonyl (C=O) groups excluding carboxylic acids is 1. The third-order valence-corrected chi connectivity index (χ3v) is 4.83. The van der Waals surface area contributed by atoms with Crippen LogP contribution in [0.4, 0.5) is 0 Å². The number of rotatable bonds is 3. The molecule has 2 unspecified atom stereocenters. The molecular weight excluding hydrogens is 264 g/mol. The van der Waals surface area contributed by atoms with Crippen molar-refractivity contribution in [2.75, 3.05) is 19.7 Å². The fourth-order valence-corrected chi connectivity index (χ4v) is 3.76. The monoisotopic (exact) mass is 296 g/mol. The zero-order chi connectivity index (χ0) is 15.5. The molecule has 2 aliphatic rings. The van der Waals surface area contributed by atoms with Gasteiger partial charge in [-0.1, -0.05) is 20.8 Å². The molecule has 2 rings (SSSR count). The van der Waals surface area contributed by atoms with Crippen LogP contribution < -0.4 is 10.6 Å². The third kappa shape index (κ3) is 4.68. The van der Waals surface area contributed by atoms with Crippen molar-refractivity contribution in [1.29, 1.82) is 0 Å². The van der Waals surface area contributed by atoms with E-state index in [1.165, 1.54) is 0 Å². The van der Waals surface area contributed by atoms with Gasteiger partial charge in [-0.25, -0.2) is 0 Å². The lowest BCUT2D eigenvalue weighted by Gasteiger charge is -2.40. The first-order valence-corrected chi connectivity index (χ1v) is 8.50. The Hall–Kier alpha value is -0.610. The largest absolute Gasteiger partial charge is 0.377 e. The minimum atomic E-state index is 0.138. The Bertz CT molecular complexity index is 351. The Kier molecular flexibility index (Phi) is 5.67. The van der Waals surface area contributed by atoms with E-state index < -0.39 is 0 Å². The molecule has 0 aromatic rings. The average molecular weight is 296 g/mol. The Labute approximate surface area is 129 Å². The van der Waals surface area contributed by atoms with Gasteiger partial charge in [0.15, 0.2) is 0 Å². The van der Waals surface area contributed by atoms with Crippen LogP contribution in [0.25, 0.3) is 0 Å². The van der Waals surface area contributed by atoms with Crippen molar-refractivity contribution in [1.82, 2.24) is 10.6 Å². The van der Waals surface area contributed by atoms with Crippen molar-refractivity contribution in [2.45, 2.75) is 65.5 Å². The van der Waals surface area contributed by atoms with Crippen LogP contribution in [0.3, 0.4) is 0 Å². The van der Waals surface area contributed by atoms with Gasteiger partial charge in [0, 0.05) is 31.0 Å². The van der Waals surface area contributed by atoms with Crippen LogP contribution >= 0.6 is 0 Å². The molecule has 4 atom stereocenters. The second kappa shape index (κ2) is 7.10. The van der Waals surface area contributed by atoms with E-state index in [2.05, 4.69) is 38.3 Å². The number of nitrogens with one attached hydrogen (secondary N) is 2. The zero-order valence-electron chi connectivity index (χ0n) is 14.1. The smallest absolute Gasteiger partial charge is 0.223 e. The predicted octanol–water partition coefficient (Wildman–Crippen LogP) is 2.33. The van der Waals surface area contributed by atoms with Crippen molar-refractivity contribution < 1.29 is 9.53 Å². The Morgan fingerprint density at radius 3 is 2.76 bits per heavy atom. The molecule has 0 spiro atoms. The summed E-state index contributed by atoms with van der Waals surface area (Å²) in [6.45, 7) is 11.4. The van der Waals surface area contributed by atoms with E-state index in [0.29, 0.717) is 12.0 Å². The molecule has 0 radical (unpaired) electrons. The number of piperidine rings is 1. The highest BCUT2D eigenvalue weighted by atomic mass is 16.5. The van der Waals surface area contributed by atoms with Gasteiger partial charge in [-0.05, 0) is 44.6 Å². The maximum absolute atomic E-state index is 12.4. The topological polar surface area (TPSA) is 50.4 Å². The van der Waals surface area contributed by atoms with Crippen molar-refractivity contribution in [2.24, 2.45) is 17.3 Å². The Balaban J connectivity index is 1.84. The Morgan fingerprint density at radius 1 is 1.33 bits per heavy atom. The summed E-state index contributed by atoms with van der Waals surface area (Å²) in [5, 5.41) is 6.60. The number of ether oxygens (including phenoxy) is 1. The summed E-state index contributed by atoms with van der Waals surface area (Å²) in [6, 6.07) is 0.454. The van der Waals surface area contributed by atoms with Crippen molar-refractivity contribution in [3.8, 4) is 0 Å². The van der Waals surface area contributed by atoms with E-state index >= 15 is 0 Å². The van der Waals surface area contributed by atoms with Gasteiger partial charge < -0.3 is 15.4 Å². The highest BCUT2D eigenvalue weighted by Crippen LogP contribution is 2.33. The molecular formula is C17H32N2O2. The normalized spacial score (nSPS) is 34.5. The molecule has 4 nitrogen and oxygen atoms in total. The van der Waals surface area contributed by atoms with Crippen molar-refractivity contribution in [3.63, 3.8) is 0 Å². The van der Waals surface area contributed by atoms with Crippen LogP contribution in [-0.4, -0.2) is 37.7 Å². The lowest BCUT2D eigenvalue weighted by Crippen LogP contribution is -2.47. The highest BCUT2D eigenvalue weighted by Gasteiger charge is 2.36. The van der Waals surface area contributed by atoms with Crippen LogP contribution in [0.15, 0.2) is 0 Å². The molecule has 2 N–H and O–H groups in total. The zero-order valence-corrected chi connectivity index (χ0v) is 14.1. The van der Waals surface area contributed by atoms with Crippen molar-refractivity contribution >= 4 is 5.91 Å². The average Bonchev–Trinajstić information content (AvgIpc) is 2.44. The van der Waals surface area contributed by atoms with E-state index in [1.54, 1.807) is 0 Å². The molecule has 2 saturated heterocycles. The summed E-state index contributed by atoms with van der Waals surface area (Å²) in [7, 11) is 0. The molecule has 4 heteroatoms. The molecule has 0 bridgehead atoms. The van der Waals surface area contributed by atoms with Gasteiger partial charge in [-0.3, -0.25) is 4.79 Å². The fourth-order valence-electron chi connectivity index (χ4n) is 3.76. The molecule has 2 aliphatic heterocycles. The number of carbonyl (C=O) groups is 1. The van der Waals surface area contributed by atoms with Gasteiger partial charge in [0.1, 0.15) is 0 Å². The SMILES string of the molecule is C[C@H]1C[C@@H](C(=O)NCC2CCCOC2C(C)(C)C)CCN1. The first-order valence-electron chi connectivity index (χ1n) is 8.50. The fraction of sp³-hybridized carbons (Fsp3) is 0.941. The van der Waals surface area contributed by atoms with Gasteiger partial charge in [0.2, 0.25) is 5.91 Å². The molecule has 0 saturated carbocycles.